The van der Waals surface area contributed by atoms with E-state index < -0.39 is 10.0 Å². The number of benzene rings is 1. The number of likely N-dealkylation sites (tertiary alicyclic amines) is 1. The highest BCUT2D eigenvalue weighted by molar-refractivity contribution is 7.89. The van der Waals surface area contributed by atoms with Crippen LogP contribution in [0.4, 0.5) is 5.69 Å². The van der Waals surface area contributed by atoms with Crippen LogP contribution in [0.2, 0.25) is 0 Å². The highest BCUT2D eigenvalue weighted by Crippen LogP contribution is 2.22. The lowest BCUT2D eigenvalue weighted by atomic mass is 9.97. The Kier molecular flexibility index (Phi) is 6.72. The summed E-state index contributed by atoms with van der Waals surface area (Å²) >= 11 is 0. The smallest absolute Gasteiger partial charge is 0.227 e. The third kappa shape index (κ3) is 5.11. The summed E-state index contributed by atoms with van der Waals surface area (Å²) < 4.78 is 25.4. The number of anilines is 1. The van der Waals surface area contributed by atoms with Crippen LogP contribution in [0.5, 0.6) is 0 Å². The first-order chi connectivity index (χ1) is 13.4. The van der Waals surface area contributed by atoms with Crippen LogP contribution in [0.1, 0.15) is 44.6 Å². The van der Waals surface area contributed by atoms with Gasteiger partial charge >= 0.3 is 0 Å². The number of nitrogens with one attached hydrogen (secondary N) is 1. The minimum atomic E-state index is -3.18. The molecule has 2 saturated heterocycles. The predicted octanol–water partition coefficient (Wildman–Crippen LogP) is 2.20. The maximum absolute atomic E-state index is 12.6. The van der Waals surface area contributed by atoms with Crippen molar-refractivity contribution >= 4 is 27.5 Å². The molecule has 28 heavy (non-hydrogen) atoms. The van der Waals surface area contributed by atoms with Gasteiger partial charge in [0.05, 0.1) is 5.75 Å². The Labute approximate surface area is 167 Å². The Morgan fingerprint density at radius 1 is 1.18 bits per heavy atom. The Bertz CT molecular complexity index is 816. The van der Waals surface area contributed by atoms with Gasteiger partial charge in [0.15, 0.2) is 0 Å². The van der Waals surface area contributed by atoms with Gasteiger partial charge in [0, 0.05) is 44.2 Å². The lowest BCUT2D eigenvalue weighted by molar-refractivity contribution is -0.133. The monoisotopic (exact) mass is 407 g/mol. The zero-order valence-corrected chi connectivity index (χ0v) is 17.2. The van der Waals surface area contributed by atoms with Crippen molar-refractivity contribution in [3.8, 4) is 0 Å². The van der Waals surface area contributed by atoms with E-state index in [0.29, 0.717) is 38.9 Å². The molecule has 2 amide bonds. The largest absolute Gasteiger partial charge is 0.338 e. The van der Waals surface area contributed by atoms with Gasteiger partial charge in [-0.3, -0.25) is 9.59 Å². The molecule has 2 aliphatic rings. The van der Waals surface area contributed by atoms with E-state index >= 15 is 0 Å². The lowest BCUT2D eigenvalue weighted by Gasteiger charge is -2.30. The van der Waals surface area contributed by atoms with Gasteiger partial charge in [-0.05, 0) is 50.3 Å². The molecule has 0 aliphatic carbocycles. The summed E-state index contributed by atoms with van der Waals surface area (Å²) in [5, 5.41) is 2.96. The number of rotatable bonds is 6. The SMILES string of the molecule is CCS(=O)(=O)N1CCC(C(=O)Nc2cccc(CN3CCCCC3=O)c2)CC1. The van der Waals surface area contributed by atoms with Crippen molar-refractivity contribution in [3.05, 3.63) is 29.8 Å². The first-order valence-corrected chi connectivity index (χ1v) is 11.7. The minimum Gasteiger partial charge on any atom is -0.338 e. The Morgan fingerprint density at radius 2 is 1.93 bits per heavy atom. The van der Waals surface area contributed by atoms with Crippen LogP contribution in [0, 0.1) is 5.92 Å². The quantitative estimate of drug-likeness (QED) is 0.783. The molecule has 0 unspecified atom stereocenters. The Balaban J connectivity index is 1.55. The molecule has 154 valence electrons. The van der Waals surface area contributed by atoms with E-state index in [4.69, 9.17) is 0 Å². The first-order valence-electron chi connectivity index (χ1n) is 10.0. The third-order valence-electron chi connectivity index (χ3n) is 5.57. The van der Waals surface area contributed by atoms with Crippen molar-refractivity contribution in [1.82, 2.24) is 9.21 Å². The number of carbonyl (C=O) groups is 2. The minimum absolute atomic E-state index is 0.0697. The molecule has 7 nitrogen and oxygen atoms in total. The van der Waals surface area contributed by atoms with Crippen molar-refractivity contribution in [2.75, 3.05) is 30.7 Å². The standard InChI is InChI=1S/C20H29N3O4S/c1-2-28(26,27)23-12-9-17(10-13-23)20(25)21-18-7-5-6-16(14-18)15-22-11-4-3-8-19(22)24/h5-7,14,17H,2-4,8-13,15H2,1H3,(H,21,25). The maximum atomic E-state index is 12.6. The van der Waals surface area contributed by atoms with Gasteiger partial charge in [-0.25, -0.2) is 12.7 Å². The van der Waals surface area contributed by atoms with Crippen LogP contribution in [-0.4, -0.2) is 54.8 Å². The van der Waals surface area contributed by atoms with Crippen molar-refractivity contribution in [3.63, 3.8) is 0 Å². The Morgan fingerprint density at radius 3 is 2.61 bits per heavy atom. The van der Waals surface area contributed by atoms with E-state index in [2.05, 4.69) is 5.32 Å². The molecule has 0 atom stereocenters. The van der Waals surface area contributed by atoms with E-state index in [9.17, 15) is 18.0 Å². The van der Waals surface area contributed by atoms with Gasteiger partial charge in [-0.15, -0.1) is 0 Å². The summed E-state index contributed by atoms with van der Waals surface area (Å²) in [6.45, 7) is 3.78. The topological polar surface area (TPSA) is 86.8 Å². The van der Waals surface area contributed by atoms with E-state index in [1.807, 2.05) is 29.2 Å². The number of nitrogens with zero attached hydrogens (tertiary/aromatic N) is 2. The third-order valence-corrected chi connectivity index (χ3v) is 7.45. The molecule has 1 aromatic rings. The second kappa shape index (κ2) is 9.05. The molecule has 0 saturated carbocycles. The average Bonchev–Trinajstić information content (AvgIpc) is 2.70. The molecule has 0 radical (unpaired) electrons. The summed E-state index contributed by atoms with van der Waals surface area (Å²) in [6, 6.07) is 7.61. The zero-order chi connectivity index (χ0) is 20.1. The van der Waals surface area contributed by atoms with Crippen LogP contribution in [0.15, 0.2) is 24.3 Å². The average molecular weight is 408 g/mol. The number of hydrogen-bond donors (Lipinski definition) is 1. The van der Waals surface area contributed by atoms with Crippen molar-refractivity contribution in [2.24, 2.45) is 5.92 Å². The van der Waals surface area contributed by atoms with E-state index in [0.717, 1.165) is 30.6 Å². The maximum Gasteiger partial charge on any atom is 0.227 e. The van der Waals surface area contributed by atoms with Crippen LogP contribution in [0.25, 0.3) is 0 Å². The molecule has 0 bridgehead atoms. The van der Waals surface area contributed by atoms with Crippen LogP contribution >= 0.6 is 0 Å². The van der Waals surface area contributed by atoms with Crippen molar-refractivity contribution in [1.29, 1.82) is 0 Å². The van der Waals surface area contributed by atoms with Gasteiger partial charge in [0.2, 0.25) is 21.8 Å². The highest BCUT2D eigenvalue weighted by atomic mass is 32.2. The van der Waals surface area contributed by atoms with Crippen molar-refractivity contribution < 1.29 is 18.0 Å². The molecule has 3 rings (SSSR count). The van der Waals surface area contributed by atoms with Gasteiger partial charge in [0.25, 0.3) is 0 Å². The van der Waals surface area contributed by atoms with Crippen LogP contribution in [0.3, 0.4) is 0 Å². The molecule has 2 heterocycles. The van der Waals surface area contributed by atoms with Crippen molar-refractivity contribution in [2.45, 2.75) is 45.6 Å². The van der Waals surface area contributed by atoms with Gasteiger partial charge in [-0.2, -0.15) is 0 Å². The normalized spacial score (nSPS) is 19.6. The van der Waals surface area contributed by atoms with Gasteiger partial charge < -0.3 is 10.2 Å². The van der Waals surface area contributed by atoms with E-state index in [1.54, 1.807) is 6.92 Å². The van der Waals surface area contributed by atoms with E-state index in [-0.39, 0.29) is 23.5 Å². The molecule has 2 aliphatic heterocycles. The first kappa shape index (κ1) is 20.8. The number of sulfonamides is 1. The summed E-state index contributed by atoms with van der Waals surface area (Å²) in [5.74, 6) is 0.0285. The second-order valence-electron chi connectivity index (χ2n) is 7.54. The molecule has 8 heteroatoms. The summed E-state index contributed by atoms with van der Waals surface area (Å²) in [6.07, 6.45) is 3.68. The number of piperidine rings is 2. The summed E-state index contributed by atoms with van der Waals surface area (Å²) in [4.78, 5) is 26.5. The number of carbonyl (C=O) groups excluding carboxylic acids is 2. The highest BCUT2D eigenvalue weighted by Gasteiger charge is 2.30. The fourth-order valence-corrected chi connectivity index (χ4v) is 4.95. The van der Waals surface area contributed by atoms with Gasteiger partial charge in [0.1, 0.15) is 0 Å². The molecule has 2 fully saturated rings. The Hall–Kier alpha value is -1.93. The number of hydrogen-bond acceptors (Lipinski definition) is 4. The molecule has 0 aromatic heterocycles. The fourth-order valence-electron chi connectivity index (χ4n) is 3.82. The lowest BCUT2D eigenvalue weighted by Crippen LogP contribution is -2.42. The summed E-state index contributed by atoms with van der Waals surface area (Å²) in [7, 11) is -3.18. The van der Waals surface area contributed by atoms with Crippen LogP contribution in [-0.2, 0) is 26.2 Å². The molecule has 1 N–H and O–H groups in total. The molecular formula is C20H29N3O4S. The van der Waals surface area contributed by atoms with Crippen LogP contribution < -0.4 is 5.32 Å². The van der Waals surface area contributed by atoms with Gasteiger partial charge in [-0.1, -0.05) is 12.1 Å². The second-order valence-corrected chi connectivity index (χ2v) is 9.79. The molecule has 1 aromatic carbocycles. The van der Waals surface area contributed by atoms with E-state index in [1.165, 1.54) is 4.31 Å². The number of amides is 2. The summed E-state index contributed by atoms with van der Waals surface area (Å²) in [5.41, 5.74) is 1.72. The predicted molar refractivity (Wildman–Crippen MR) is 108 cm³/mol. The zero-order valence-electron chi connectivity index (χ0n) is 16.4. The fraction of sp³-hybridized carbons (Fsp3) is 0.600. The molecule has 0 spiro atoms. The molecular weight excluding hydrogens is 378 g/mol.